The van der Waals surface area contributed by atoms with Crippen LogP contribution in [0.1, 0.15) is 29.9 Å². The van der Waals surface area contributed by atoms with Crippen molar-refractivity contribution >= 4 is 23.1 Å². The van der Waals surface area contributed by atoms with E-state index in [0.29, 0.717) is 12.3 Å². The van der Waals surface area contributed by atoms with Gasteiger partial charge in [-0.05, 0) is 31.6 Å². The van der Waals surface area contributed by atoms with E-state index in [-0.39, 0.29) is 10.7 Å². The topological polar surface area (TPSA) is 39.2 Å². The van der Waals surface area contributed by atoms with E-state index in [2.05, 4.69) is 11.6 Å². The first-order valence-corrected chi connectivity index (χ1v) is 4.93. The van der Waals surface area contributed by atoms with E-state index < -0.39 is 5.97 Å². The van der Waals surface area contributed by atoms with Gasteiger partial charge in [0.2, 0.25) is 0 Å². The third-order valence-electron chi connectivity index (χ3n) is 1.78. The van der Waals surface area contributed by atoms with E-state index >= 15 is 0 Å². The summed E-state index contributed by atoms with van der Waals surface area (Å²) in [5, 5.41) is 0.147. The van der Waals surface area contributed by atoms with E-state index in [9.17, 15) is 4.79 Å². The summed E-state index contributed by atoms with van der Waals surface area (Å²) in [6.07, 6.45) is 0. The van der Waals surface area contributed by atoms with Crippen molar-refractivity contribution in [2.75, 3.05) is 6.61 Å². The molecule has 0 N–H and O–H groups in total. The zero-order valence-electron chi connectivity index (χ0n) is 8.71. The summed E-state index contributed by atoms with van der Waals surface area (Å²) in [4.78, 5) is 15.4. The molecule has 80 valence electrons. The van der Waals surface area contributed by atoms with Gasteiger partial charge in [-0.25, -0.2) is 9.78 Å². The second-order valence-corrected chi connectivity index (χ2v) is 3.39. The summed E-state index contributed by atoms with van der Waals surface area (Å²) in [6, 6.07) is 3.29. The SMILES string of the molecule is C=C(C)c1ccc(C(=O)OCC)c(Cl)n1. The maximum absolute atomic E-state index is 11.4. The Balaban J connectivity index is 3.03. The highest BCUT2D eigenvalue weighted by Crippen LogP contribution is 2.18. The van der Waals surface area contributed by atoms with Gasteiger partial charge in [0.05, 0.1) is 17.9 Å². The molecule has 15 heavy (non-hydrogen) atoms. The summed E-state index contributed by atoms with van der Waals surface area (Å²) < 4.78 is 4.82. The van der Waals surface area contributed by atoms with Gasteiger partial charge < -0.3 is 4.74 Å². The van der Waals surface area contributed by atoms with Crippen LogP contribution in [0.4, 0.5) is 0 Å². The Bertz CT molecular complexity index is 402. The van der Waals surface area contributed by atoms with Crippen molar-refractivity contribution in [3.63, 3.8) is 0 Å². The van der Waals surface area contributed by atoms with Gasteiger partial charge in [-0.2, -0.15) is 0 Å². The third-order valence-corrected chi connectivity index (χ3v) is 2.07. The predicted molar refractivity (Wildman–Crippen MR) is 59.9 cm³/mol. The van der Waals surface area contributed by atoms with Crippen molar-refractivity contribution in [2.45, 2.75) is 13.8 Å². The van der Waals surface area contributed by atoms with Gasteiger partial charge in [0.15, 0.2) is 0 Å². The number of hydrogen-bond donors (Lipinski definition) is 0. The fourth-order valence-corrected chi connectivity index (χ4v) is 1.26. The third kappa shape index (κ3) is 2.80. The van der Waals surface area contributed by atoms with Crippen LogP contribution in [0.15, 0.2) is 18.7 Å². The van der Waals surface area contributed by atoms with Crippen LogP contribution in [0.25, 0.3) is 5.57 Å². The summed E-state index contributed by atoms with van der Waals surface area (Å²) in [7, 11) is 0. The van der Waals surface area contributed by atoms with E-state index in [1.165, 1.54) is 0 Å². The normalized spacial score (nSPS) is 9.80. The number of aromatic nitrogens is 1. The Labute approximate surface area is 93.7 Å². The molecule has 0 aliphatic rings. The second-order valence-electron chi connectivity index (χ2n) is 3.04. The number of rotatable bonds is 3. The molecular weight excluding hydrogens is 214 g/mol. The molecule has 0 aromatic carbocycles. The minimum atomic E-state index is -0.455. The molecule has 1 aromatic rings. The Kier molecular flexibility index (Phi) is 3.86. The van der Waals surface area contributed by atoms with E-state index in [4.69, 9.17) is 16.3 Å². The highest BCUT2D eigenvalue weighted by atomic mass is 35.5. The molecule has 0 atom stereocenters. The highest BCUT2D eigenvalue weighted by Gasteiger charge is 2.12. The van der Waals surface area contributed by atoms with Crippen LogP contribution >= 0.6 is 11.6 Å². The highest BCUT2D eigenvalue weighted by molar-refractivity contribution is 6.32. The molecule has 0 spiro atoms. The lowest BCUT2D eigenvalue weighted by Crippen LogP contribution is -2.06. The van der Waals surface area contributed by atoms with Crippen LogP contribution in [0.2, 0.25) is 5.15 Å². The molecule has 0 radical (unpaired) electrons. The number of ether oxygens (including phenoxy) is 1. The predicted octanol–water partition coefficient (Wildman–Crippen LogP) is 2.94. The molecule has 0 amide bonds. The molecule has 3 nitrogen and oxygen atoms in total. The van der Waals surface area contributed by atoms with Gasteiger partial charge in [0, 0.05) is 0 Å². The summed E-state index contributed by atoms with van der Waals surface area (Å²) in [5.41, 5.74) is 1.75. The molecule has 0 bridgehead atoms. The quantitative estimate of drug-likeness (QED) is 0.587. The van der Waals surface area contributed by atoms with Crippen molar-refractivity contribution < 1.29 is 9.53 Å². The largest absolute Gasteiger partial charge is 0.462 e. The minimum absolute atomic E-state index is 0.147. The number of allylic oxidation sites excluding steroid dienone is 1. The number of carbonyl (C=O) groups is 1. The van der Waals surface area contributed by atoms with Gasteiger partial charge in [-0.15, -0.1) is 0 Å². The second kappa shape index (κ2) is 4.94. The van der Waals surface area contributed by atoms with Crippen molar-refractivity contribution in [1.29, 1.82) is 0 Å². The number of nitrogens with zero attached hydrogens (tertiary/aromatic N) is 1. The summed E-state index contributed by atoms with van der Waals surface area (Å²) in [6.45, 7) is 7.62. The van der Waals surface area contributed by atoms with Crippen LogP contribution < -0.4 is 0 Å². The van der Waals surface area contributed by atoms with E-state index in [0.717, 1.165) is 5.57 Å². The van der Waals surface area contributed by atoms with Gasteiger partial charge in [-0.3, -0.25) is 0 Å². The average molecular weight is 226 g/mol. The van der Waals surface area contributed by atoms with Gasteiger partial charge in [0.1, 0.15) is 5.15 Å². The molecule has 1 heterocycles. The summed E-state index contributed by atoms with van der Waals surface area (Å²) in [5.74, 6) is -0.455. The smallest absolute Gasteiger partial charge is 0.341 e. The van der Waals surface area contributed by atoms with Gasteiger partial charge >= 0.3 is 5.97 Å². The van der Waals surface area contributed by atoms with Crippen LogP contribution in [0.3, 0.4) is 0 Å². The maximum Gasteiger partial charge on any atom is 0.341 e. The number of halogens is 1. The number of esters is 1. The van der Waals surface area contributed by atoms with E-state index in [1.807, 2.05) is 6.92 Å². The van der Waals surface area contributed by atoms with Crippen molar-refractivity contribution in [3.8, 4) is 0 Å². The van der Waals surface area contributed by atoms with Crippen LogP contribution in [-0.4, -0.2) is 17.6 Å². The first-order valence-electron chi connectivity index (χ1n) is 4.55. The van der Waals surface area contributed by atoms with Gasteiger partial charge in [-0.1, -0.05) is 18.2 Å². The van der Waals surface area contributed by atoms with Crippen LogP contribution in [-0.2, 0) is 4.74 Å². The average Bonchev–Trinajstić information content (AvgIpc) is 2.17. The van der Waals surface area contributed by atoms with Crippen molar-refractivity contribution in [2.24, 2.45) is 0 Å². The zero-order valence-corrected chi connectivity index (χ0v) is 9.47. The Hall–Kier alpha value is -1.35. The van der Waals surface area contributed by atoms with Crippen LogP contribution in [0.5, 0.6) is 0 Å². The maximum atomic E-state index is 11.4. The lowest BCUT2D eigenvalue weighted by Gasteiger charge is -2.05. The van der Waals surface area contributed by atoms with Crippen molar-refractivity contribution in [1.82, 2.24) is 4.98 Å². The molecular formula is C11H12ClNO2. The fourth-order valence-electron chi connectivity index (χ4n) is 1.03. The molecule has 0 saturated heterocycles. The first kappa shape index (κ1) is 11.7. The first-order chi connectivity index (χ1) is 7.06. The summed E-state index contributed by atoms with van der Waals surface area (Å²) >= 11 is 5.85. The minimum Gasteiger partial charge on any atom is -0.462 e. The molecule has 0 aliphatic heterocycles. The Morgan fingerprint density at radius 1 is 1.60 bits per heavy atom. The fraction of sp³-hybridized carbons (Fsp3) is 0.273. The Morgan fingerprint density at radius 2 is 2.27 bits per heavy atom. The molecule has 1 aromatic heterocycles. The standard InChI is InChI=1S/C11H12ClNO2/c1-4-15-11(14)8-5-6-9(7(2)3)13-10(8)12/h5-6H,2,4H2,1,3H3. The number of carbonyl (C=O) groups excluding carboxylic acids is 1. The number of hydrogen-bond acceptors (Lipinski definition) is 3. The molecule has 0 unspecified atom stereocenters. The molecule has 0 saturated carbocycles. The van der Waals surface area contributed by atoms with Crippen LogP contribution in [0, 0.1) is 0 Å². The Morgan fingerprint density at radius 3 is 2.73 bits per heavy atom. The zero-order chi connectivity index (χ0) is 11.4. The monoisotopic (exact) mass is 225 g/mol. The lowest BCUT2D eigenvalue weighted by atomic mass is 10.2. The van der Waals surface area contributed by atoms with Crippen molar-refractivity contribution in [3.05, 3.63) is 35.1 Å². The molecule has 0 aliphatic carbocycles. The van der Waals surface area contributed by atoms with Gasteiger partial charge in [0.25, 0.3) is 0 Å². The molecule has 1 rings (SSSR count). The molecule has 0 fully saturated rings. The number of pyridine rings is 1. The van der Waals surface area contributed by atoms with E-state index in [1.54, 1.807) is 19.1 Å². The molecule has 4 heteroatoms. The lowest BCUT2D eigenvalue weighted by molar-refractivity contribution is 0.0526.